The summed E-state index contributed by atoms with van der Waals surface area (Å²) >= 11 is 0. The minimum absolute atomic E-state index is 0.122. The fourth-order valence-corrected chi connectivity index (χ4v) is 1.55. The number of imidazole rings is 1. The standard InChI is InChI=1S/C10H6N4O3/c15-10(16)5-1-3-11-9-7(5)12-8(13-9)6-2-4-17-14-6/h1-4H,(H,15,16)(H,11,12,13). The molecule has 7 nitrogen and oxygen atoms in total. The van der Waals surface area contributed by atoms with Crippen LogP contribution >= 0.6 is 0 Å². The minimum atomic E-state index is -1.03. The van der Waals surface area contributed by atoms with Crippen LogP contribution in [0.15, 0.2) is 29.1 Å². The van der Waals surface area contributed by atoms with Crippen molar-refractivity contribution < 1.29 is 14.4 Å². The Morgan fingerprint density at radius 1 is 1.41 bits per heavy atom. The van der Waals surface area contributed by atoms with Gasteiger partial charge in [0, 0.05) is 12.3 Å². The number of aromatic carboxylic acids is 1. The van der Waals surface area contributed by atoms with Gasteiger partial charge in [0.2, 0.25) is 0 Å². The van der Waals surface area contributed by atoms with Gasteiger partial charge >= 0.3 is 5.97 Å². The second-order valence-electron chi connectivity index (χ2n) is 3.33. The van der Waals surface area contributed by atoms with Crippen LogP contribution in [0.5, 0.6) is 0 Å². The highest BCUT2D eigenvalue weighted by molar-refractivity contribution is 6.00. The van der Waals surface area contributed by atoms with E-state index < -0.39 is 5.97 Å². The van der Waals surface area contributed by atoms with E-state index in [-0.39, 0.29) is 5.56 Å². The lowest BCUT2D eigenvalue weighted by molar-refractivity contribution is 0.0699. The minimum Gasteiger partial charge on any atom is -0.478 e. The van der Waals surface area contributed by atoms with Gasteiger partial charge in [0.15, 0.2) is 11.5 Å². The van der Waals surface area contributed by atoms with Gasteiger partial charge in [-0.15, -0.1) is 0 Å². The number of aromatic amines is 1. The highest BCUT2D eigenvalue weighted by Gasteiger charge is 2.14. The van der Waals surface area contributed by atoms with Gasteiger partial charge in [0.25, 0.3) is 0 Å². The Kier molecular flexibility index (Phi) is 1.91. The number of pyridine rings is 1. The summed E-state index contributed by atoms with van der Waals surface area (Å²) in [7, 11) is 0. The highest BCUT2D eigenvalue weighted by Crippen LogP contribution is 2.19. The topological polar surface area (TPSA) is 105 Å². The first-order valence-corrected chi connectivity index (χ1v) is 4.74. The van der Waals surface area contributed by atoms with Crippen molar-refractivity contribution in [3.8, 4) is 11.5 Å². The Hall–Kier alpha value is -2.70. The van der Waals surface area contributed by atoms with Gasteiger partial charge in [-0.3, -0.25) is 0 Å². The summed E-state index contributed by atoms with van der Waals surface area (Å²) < 4.78 is 4.70. The summed E-state index contributed by atoms with van der Waals surface area (Å²) in [6, 6.07) is 3.04. The number of fused-ring (bicyclic) bond motifs is 1. The lowest BCUT2D eigenvalue weighted by Gasteiger charge is -1.93. The van der Waals surface area contributed by atoms with Crippen molar-refractivity contribution in [2.45, 2.75) is 0 Å². The van der Waals surface area contributed by atoms with Crippen molar-refractivity contribution in [3.63, 3.8) is 0 Å². The van der Waals surface area contributed by atoms with Crippen LogP contribution in [0.2, 0.25) is 0 Å². The zero-order valence-electron chi connectivity index (χ0n) is 8.41. The van der Waals surface area contributed by atoms with E-state index >= 15 is 0 Å². The lowest BCUT2D eigenvalue weighted by Crippen LogP contribution is -1.97. The normalized spacial score (nSPS) is 10.8. The molecule has 3 aromatic heterocycles. The molecule has 0 aliphatic carbocycles. The van der Waals surface area contributed by atoms with Crippen molar-refractivity contribution in [1.29, 1.82) is 0 Å². The van der Waals surface area contributed by atoms with E-state index in [2.05, 4.69) is 20.1 Å². The van der Waals surface area contributed by atoms with Gasteiger partial charge in [-0.05, 0) is 6.07 Å². The van der Waals surface area contributed by atoms with E-state index in [0.29, 0.717) is 22.7 Å². The maximum Gasteiger partial charge on any atom is 0.338 e. The molecule has 0 bridgehead atoms. The number of nitrogens with zero attached hydrogens (tertiary/aromatic N) is 3. The third kappa shape index (κ3) is 1.44. The number of carboxylic acids is 1. The molecular weight excluding hydrogens is 224 g/mol. The summed E-state index contributed by atoms with van der Waals surface area (Å²) in [6.07, 6.45) is 2.81. The number of hydrogen-bond donors (Lipinski definition) is 2. The number of aromatic nitrogens is 4. The average molecular weight is 230 g/mol. The molecule has 0 aliphatic rings. The van der Waals surface area contributed by atoms with E-state index in [1.807, 2.05) is 0 Å². The Morgan fingerprint density at radius 3 is 3.00 bits per heavy atom. The SMILES string of the molecule is O=C(O)c1ccnc2nc(-c3ccon3)[nH]c12. The summed E-state index contributed by atoms with van der Waals surface area (Å²) in [4.78, 5) is 22.0. The molecule has 2 N–H and O–H groups in total. The molecule has 17 heavy (non-hydrogen) atoms. The molecule has 0 saturated carbocycles. The number of nitrogens with one attached hydrogen (secondary N) is 1. The second kappa shape index (κ2) is 3.41. The Bertz CT molecular complexity index is 687. The molecule has 84 valence electrons. The largest absolute Gasteiger partial charge is 0.478 e. The lowest BCUT2D eigenvalue weighted by atomic mass is 10.2. The maximum absolute atomic E-state index is 11.0. The van der Waals surface area contributed by atoms with Gasteiger partial charge < -0.3 is 14.6 Å². The fourth-order valence-electron chi connectivity index (χ4n) is 1.55. The predicted octanol–water partition coefficient (Wildman–Crippen LogP) is 1.31. The molecule has 3 aromatic rings. The van der Waals surface area contributed by atoms with E-state index in [9.17, 15) is 4.79 Å². The van der Waals surface area contributed by atoms with Crippen LogP contribution < -0.4 is 0 Å². The molecule has 0 atom stereocenters. The third-order valence-corrected chi connectivity index (χ3v) is 2.30. The van der Waals surface area contributed by atoms with Crippen molar-refractivity contribution >= 4 is 17.1 Å². The van der Waals surface area contributed by atoms with E-state index in [1.54, 1.807) is 6.07 Å². The van der Waals surface area contributed by atoms with E-state index in [4.69, 9.17) is 9.63 Å². The maximum atomic E-state index is 11.0. The van der Waals surface area contributed by atoms with Crippen LogP contribution in [0.3, 0.4) is 0 Å². The Morgan fingerprint density at radius 2 is 2.29 bits per heavy atom. The van der Waals surface area contributed by atoms with E-state index in [1.165, 1.54) is 18.5 Å². The van der Waals surface area contributed by atoms with Gasteiger partial charge in [-0.1, -0.05) is 5.16 Å². The van der Waals surface area contributed by atoms with Crippen LogP contribution in [-0.2, 0) is 0 Å². The van der Waals surface area contributed by atoms with Crippen molar-refractivity contribution in [3.05, 3.63) is 30.2 Å². The van der Waals surface area contributed by atoms with Gasteiger partial charge in [-0.2, -0.15) is 0 Å². The number of H-pyrrole nitrogens is 1. The quantitative estimate of drug-likeness (QED) is 0.687. The molecule has 0 saturated heterocycles. The summed E-state index contributed by atoms with van der Waals surface area (Å²) in [6.45, 7) is 0. The number of carboxylic acid groups (broad SMARTS) is 1. The summed E-state index contributed by atoms with van der Waals surface area (Å²) in [5, 5.41) is 12.7. The van der Waals surface area contributed by atoms with E-state index in [0.717, 1.165) is 0 Å². The first-order valence-electron chi connectivity index (χ1n) is 4.74. The molecule has 0 aromatic carbocycles. The summed E-state index contributed by atoms with van der Waals surface area (Å²) in [5.41, 5.74) is 1.33. The van der Waals surface area contributed by atoms with Gasteiger partial charge in [0.1, 0.15) is 12.0 Å². The van der Waals surface area contributed by atoms with Crippen molar-refractivity contribution in [2.75, 3.05) is 0 Å². The molecule has 0 radical (unpaired) electrons. The van der Waals surface area contributed by atoms with Crippen molar-refractivity contribution in [2.24, 2.45) is 0 Å². The molecule has 0 unspecified atom stereocenters. The third-order valence-electron chi connectivity index (χ3n) is 2.30. The molecule has 3 heterocycles. The fraction of sp³-hybridized carbons (Fsp3) is 0. The monoisotopic (exact) mass is 230 g/mol. The molecule has 3 rings (SSSR count). The number of carbonyl (C=O) groups is 1. The van der Waals surface area contributed by atoms with Crippen molar-refractivity contribution in [1.82, 2.24) is 20.1 Å². The van der Waals surface area contributed by atoms with Crippen LogP contribution in [-0.4, -0.2) is 31.2 Å². The first kappa shape index (κ1) is 9.52. The number of hydrogen-bond acceptors (Lipinski definition) is 5. The van der Waals surface area contributed by atoms with Crippen LogP contribution in [0.25, 0.3) is 22.7 Å². The Labute approximate surface area is 94.1 Å². The smallest absolute Gasteiger partial charge is 0.338 e. The average Bonchev–Trinajstić information content (AvgIpc) is 2.96. The van der Waals surface area contributed by atoms with Crippen LogP contribution in [0.1, 0.15) is 10.4 Å². The van der Waals surface area contributed by atoms with Crippen LogP contribution in [0.4, 0.5) is 0 Å². The second-order valence-corrected chi connectivity index (χ2v) is 3.33. The molecular formula is C10H6N4O3. The molecule has 7 heteroatoms. The molecule has 0 amide bonds. The zero-order chi connectivity index (χ0) is 11.8. The molecule has 0 fully saturated rings. The summed E-state index contributed by atoms with van der Waals surface area (Å²) in [5.74, 6) is -0.609. The van der Waals surface area contributed by atoms with Crippen LogP contribution in [0, 0.1) is 0 Å². The highest BCUT2D eigenvalue weighted by atomic mass is 16.5. The first-order chi connectivity index (χ1) is 8.25. The van der Waals surface area contributed by atoms with Gasteiger partial charge in [-0.25, -0.2) is 14.8 Å². The molecule has 0 aliphatic heterocycles. The van der Waals surface area contributed by atoms with Gasteiger partial charge in [0.05, 0.1) is 11.1 Å². The number of rotatable bonds is 2. The molecule has 0 spiro atoms. The Balaban J connectivity index is 2.26. The predicted molar refractivity (Wildman–Crippen MR) is 56.3 cm³/mol. The zero-order valence-corrected chi connectivity index (χ0v) is 8.41.